The molecule has 3 aromatic rings. The number of amides is 1. The van der Waals surface area contributed by atoms with Crippen molar-refractivity contribution in [2.75, 3.05) is 0 Å². The molecule has 0 radical (unpaired) electrons. The number of rotatable bonds is 6. The van der Waals surface area contributed by atoms with Gasteiger partial charge in [0.2, 0.25) is 0 Å². The average Bonchev–Trinajstić information content (AvgIpc) is 3.22. The van der Waals surface area contributed by atoms with E-state index in [0.29, 0.717) is 17.9 Å². The zero-order valence-corrected chi connectivity index (χ0v) is 13.7. The fourth-order valence-electron chi connectivity index (χ4n) is 2.60. The number of nitrogens with one attached hydrogen (secondary N) is 1. The van der Waals surface area contributed by atoms with Gasteiger partial charge in [-0.15, -0.1) is 0 Å². The first kappa shape index (κ1) is 16.5. The number of hydrogen-bond donors (Lipinski definition) is 2. The maximum Gasteiger partial charge on any atom is 0.307 e. The first-order valence-corrected chi connectivity index (χ1v) is 7.78. The lowest BCUT2D eigenvalue weighted by Gasteiger charge is -2.09. The summed E-state index contributed by atoms with van der Waals surface area (Å²) in [6.07, 6.45) is 5.24. The minimum atomic E-state index is -0.866. The van der Waals surface area contributed by atoms with Gasteiger partial charge in [0.25, 0.3) is 5.91 Å². The standard InChI is InChI=1S/C18H18N4O3/c1-21-18(22-8-2-3-9-22)15(12-20-21)17(25)19-11-14-6-4-13(5-7-14)10-16(23)24/h2-9,12H,10-11H2,1H3,(H,19,25)(H,23,24). The Labute approximate surface area is 144 Å². The second-order valence-corrected chi connectivity index (χ2v) is 5.67. The highest BCUT2D eigenvalue weighted by Crippen LogP contribution is 2.14. The number of benzene rings is 1. The number of hydrogen-bond acceptors (Lipinski definition) is 3. The molecule has 3 rings (SSSR count). The van der Waals surface area contributed by atoms with E-state index < -0.39 is 5.97 Å². The number of carbonyl (C=O) groups is 2. The monoisotopic (exact) mass is 338 g/mol. The van der Waals surface area contributed by atoms with Crippen LogP contribution in [0.3, 0.4) is 0 Å². The fourth-order valence-corrected chi connectivity index (χ4v) is 2.60. The highest BCUT2D eigenvalue weighted by molar-refractivity contribution is 5.97. The van der Waals surface area contributed by atoms with Gasteiger partial charge in [-0.25, -0.2) is 0 Å². The molecular weight excluding hydrogens is 320 g/mol. The van der Waals surface area contributed by atoms with Crippen LogP contribution in [0.4, 0.5) is 0 Å². The molecule has 0 unspecified atom stereocenters. The molecule has 25 heavy (non-hydrogen) atoms. The normalized spacial score (nSPS) is 10.6. The van der Waals surface area contributed by atoms with E-state index >= 15 is 0 Å². The highest BCUT2D eigenvalue weighted by Gasteiger charge is 2.17. The summed E-state index contributed by atoms with van der Waals surface area (Å²) in [4.78, 5) is 23.2. The first-order chi connectivity index (χ1) is 12.0. The molecule has 0 aliphatic rings. The van der Waals surface area contributed by atoms with Gasteiger partial charge in [-0.1, -0.05) is 24.3 Å². The Balaban J connectivity index is 1.68. The van der Waals surface area contributed by atoms with Gasteiger partial charge in [0.1, 0.15) is 11.4 Å². The topological polar surface area (TPSA) is 89.2 Å². The predicted molar refractivity (Wildman–Crippen MR) is 91.5 cm³/mol. The van der Waals surface area contributed by atoms with Gasteiger partial charge in [-0.05, 0) is 23.3 Å². The minimum absolute atomic E-state index is 0.0114. The van der Waals surface area contributed by atoms with Crippen molar-refractivity contribution in [1.82, 2.24) is 19.7 Å². The number of carboxylic acids is 1. The zero-order chi connectivity index (χ0) is 17.8. The maximum atomic E-state index is 12.5. The van der Waals surface area contributed by atoms with Gasteiger partial charge < -0.3 is 15.0 Å². The lowest BCUT2D eigenvalue weighted by molar-refractivity contribution is -0.136. The van der Waals surface area contributed by atoms with Crippen molar-refractivity contribution in [3.63, 3.8) is 0 Å². The Morgan fingerprint density at radius 3 is 2.40 bits per heavy atom. The Kier molecular flexibility index (Phi) is 4.65. The first-order valence-electron chi connectivity index (χ1n) is 7.78. The van der Waals surface area contributed by atoms with Crippen LogP contribution >= 0.6 is 0 Å². The van der Waals surface area contributed by atoms with Crippen LogP contribution in [0.2, 0.25) is 0 Å². The Hall–Kier alpha value is -3.35. The number of carboxylic acid groups (broad SMARTS) is 1. The molecule has 0 atom stereocenters. The summed E-state index contributed by atoms with van der Waals surface area (Å²) in [6.45, 7) is 0.353. The molecule has 0 saturated carbocycles. The van der Waals surface area contributed by atoms with Crippen LogP contribution < -0.4 is 5.32 Å². The van der Waals surface area contributed by atoms with Gasteiger partial charge in [-0.2, -0.15) is 5.10 Å². The van der Waals surface area contributed by atoms with Crippen LogP contribution in [-0.4, -0.2) is 31.3 Å². The van der Waals surface area contributed by atoms with Crippen molar-refractivity contribution in [3.05, 3.63) is 71.7 Å². The number of aryl methyl sites for hydroxylation is 1. The smallest absolute Gasteiger partial charge is 0.307 e. The van der Waals surface area contributed by atoms with E-state index in [0.717, 1.165) is 11.1 Å². The minimum Gasteiger partial charge on any atom is -0.481 e. The fraction of sp³-hybridized carbons (Fsp3) is 0.167. The molecule has 0 spiro atoms. The van der Waals surface area contributed by atoms with Crippen molar-refractivity contribution in [1.29, 1.82) is 0 Å². The van der Waals surface area contributed by atoms with Crippen LogP contribution in [0.25, 0.3) is 5.82 Å². The van der Waals surface area contributed by atoms with Crippen LogP contribution in [0.5, 0.6) is 0 Å². The molecule has 0 aliphatic heterocycles. The molecule has 1 amide bonds. The van der Waals surface area contributed by atoms with Crippen molar-refractivity contribution < 1.29 is 14.7 Å². The largest absolute Gasteiger partial charge is 0.481 e. The quantitative estimate of drug-likeness (QED) is 0.717. The molecule has 2 heterocycles. The van der Waals surface area contributed by atoms with E-state index in [9.17, 15) is 9.59 Å². The Morgan fingerprint density at radius 1 is 1.12 bits per heavy atom. The van der Waals surface area contributed by atoms with Crippen LogP contribution in [0.1, 0.15) is 21.5 Å². The summed E-state index contributed by atoms with van der Waals surface area (Å²) in [7, 11) is 1.79. The molecule has 2 N–H and O–H groups in total. The summed E-state index contributed by atoms with van der Waals surface area (Å²) < 4.78 is 3.48. The Bertz CT molecular complexity index is 880. The third kappa shape index (κ3) is 3.77. The molecular formula is C18H18N4O3. The maximum absolute atomic E-state index is 12.5. The molecule has 0 bridgehead atoms. The van der Waals surface area contributed by atoms with E-state index in [1.54, 1.807) is 30.1 Å². The number of carbonyl (C=O) groups excluding carboxylic acids is 1. The van der Waals surface area contributed by atoms with E-state index in [4.69, 9.17) is 5.11 Å². The number of nitrogens with zero attached hydrogens (tertiary/aromatic N) is 3. The zero-order valence-electron chi connectivity index (χ0n) is 13.7. The van der Waals surface area contributed by atoms with Crippen LogP contribution in [0.15, 0.2) is 55.0 Å². The molecule has 2 aromatic heterocycles. The van der Waals surface area contributed by atoms with Gasteiger partial charge in [0.05, 0.1) is 12.6 Å². The molecule has 0 saturated heterocycles. The van der Waals surface area contributed by atoms with E-state index in [1.807, 2.05) is 41.2 Å². The second-order valence-electron chi connectivity index (χ2n) is 5.67. The van der Waals surface area contributed by atoms with Gasteiger partial charge in [-0.3, -0.25) is 14.3 Å². The highest BCUT2D eigenvalue weighted by atomic mass is 16.4. The molecule has 0 aliphatic carbocycles. The van der Waals surface area contributed by atoms with Crippen molar-refractivity contribution in [3.8, 4) is 5.82 Å². The lowest BCUT2D eigenvalue weighted by atomic mass is 10.1. The van der Waals surface area contributed by atoms with E-state index in [1.165, 1.54) is 0 Å². The molecule has 0 fully saturated rings. The van der Waals surface area contributed by atoms with E-state index in [-0.39, 0.29) is 12.3 Å². The van der Waals surface area contributed by atoms with Gasteiger partial charge >= 0.3 is 5.97 Å². The van der Waals surface area contributed by atoms with Gasteiger partial charge in [0, 0.05) is 26.0 Å². The third-order valence-corrected chi connectivity index (χ3v) is 3.83. The summed E-state index contributed by atoms with van der Waals surface area (Å²) in [6, 6.07) is 10.9. The van der Waals surface area contributed by atoms with Crippen LogP contribution in [0, 0.1) is 0 Å². The number of aromatic nitrogens is 3. The number of aliphatic carboxylic acids is 1. The molecule has 7 nitrogen and oxygen atoms in total. The summed E-state index contributed by atoms with van der Waals surface area (Å²) in [5, 5.41) is 15.8. The lowest BCUT2D eigenvalue weighted by Crippen LogP contribution is -2.24. The summed E-state index contributed by atoms with van der Waals surface area (Å²) in [5.74, 6) is -0.388. The second kappa shape index (κ2) is 7.04. The molecule has 7 heteroatoms. The molecule has 128 valence electrons. The third-order valence-electron chi connectivity index (χ3n) is 3.83. The van der Waals surface area contributed by atoms with Crippen molar-refractivity contribution in [2.45, 2.75) is 13.0 Å². The summed E-state index contributed by atoms with van der Waals surface area (Å²) >= 11 is 0. The Morgan fingerprint density at radius 2 is 1.76 bits per heavy atom. The van der Waals surface area contributed by atoms with Gasteiger partial charge in [0.15, 0.2) is 0 Å². The molecule has 1 aromatic carbocycles. The van der Waals surface area contributed by atoms with E-state index in [2.05, 4.69) is 10.4 Å². The predicted octanol–water partition coefficient (Wildman–Crippen LogP) is 1.77. The average molecular weight is 338 g/mol. The van der Waals surface area contributed by atoms with Crippen LogP contribution in [-0.2, 0) is 24.8 Å². The van der Waals surface area contributed by atoms with Crippen molar-refractivity contribution >= 4 is 11.9 Å². The SMILES string of the molecule is Cn1ncc(C(=O)NCc2ccc(CC(=O)O)cc2)c1-n1cccc1. The van der Waals surface area contributed by atoms with Crippen molar-refractivity contribution in [2.24, 2.45) is 7.05 Å². The summed E-state index contributed by atoms with van der Waals surface area (Å²) in [5.41, 5.74) is 2.11.